The lowest BCUT2D eigenvalue weighted by Gasteiger charge is -2.08. The molecule has 1 nitrogen and oxygen atoms in total. The van der Waals surface area contributed by atoms with Crippen molar-refractivity contribution >= 4 is 11.6 Å². The Kier molecular flexibility index (Phi) is 1.92. The minimum atomic E-state index is 0.150. The van der Waals surface area contributed by atoms with E-state index in [2.05, 4.69) is 0 Å². The lowest BCUT2D eigenvalue weighted by atomic mass is 10.3. The molecule has 46 valence electrons. The summed E-state index contributed by atoms with van der Waals surface area (Å²) in [4.78, 5) is 0. The van der Waals surface area contributed by atoms with Gasteiger partial charge in [0.05, 0.1) is 11.5 Å². The van der Waals surface area contributed by atoms with E-state index < -0.39 is 0 Å². The van der Waals surface area contributed by atoms with Gasteiger partial charge in [0.15, 0.2) is 0 Å². The van der Waals surface area contributed by atoms with E-state index in [-0.39, 0.29) is 11.5 Å². The Bertz CT molecular complexity index is 101. The van der Waals surface area contributed by atoms with Gasteiger partial charge in [0.2, 0.25) is 0 Å². The Morgan fingerprint density at radius 1 is 1.75 bits per heavy atom. The summed E-state index contributed by atoms with van der Waals surface area (Å²) in [5, 5.41) is 0.167. The molecule has 0 radical (unpaired) electrons. The van der Waals surface area contributed by atoms with E-state index in [1.54, 1.807) is 7.11 Å². The normalized spacial score (nSPS) is 36.2. The van der Waals surface area contributed by atoms with Crippen LogP contribution >= 0.6 is 11.6 Å². The summed E-state index contributed by atoms with van der Waals surface area (Å²) >= 11 is 5.79. The first-order valence-electron chi connectivity index (χ1n) is 2.68. The molecule has 1 rings (SSSR count). The number of ether oxygens (including phenoxy) is 1. The second-order valence-electron chi connectivity index (χ2n) is 1.88. The van der Waals surface area contributed by atoms with Crippen LogP contribution in [0.1, 0.15) is 6.42 Å². The van der Waals surface area contributed by atoms with Gasteiger partial charge in [-0.3, -0.25) is 0 Å². The van der Waals surface area contributed by atoms with Crippen LogP contribution in [0, 0.1) is 0 Å². The Hall–Kier alpha value is -0.0100. The molecule has 0 aromatic carbocycles. The van der Waals surface area contributed by atoms with Gasteiger partial charge in [0, 0.05) is 7.11 Å². The molecule has 0 heterocycles. The van der Waals surface area contributed by atoms with Crippen molar-refractivity contribution < 1.29 is 4.74 Å². The summed E-state index contributed by atoms with van der Waals surface area (Å²) in [6, 6.07) is 0. The average Bonchev–Trinajstić information content (AvgIpc) is 2.14. The molecular formula is C6H9ClO. The van der Waals surface area contributed by atoms with Gasteiger partial charge in [-0.2, -0.15) is 0 Å². The van der Waals surface area contributed by atoms with E-state index in [0.717, 1.165) is 6.42 Å². The SMILES string of the molecule is CO[C@@H]1C=CC[C@H]1Cl. The quantitative estimate of drug-likeness (QED) is 0.389. The highest BCUT2D eigenvalue weighted by atomic mass is 35.5. The zero-order chi connectivity index (χ0) is 5.98. The fraction of sp³-hybridized carbons (Fsp3) is 0.667. The Morgan fingerprint density at radius 3 is 2.75 bits per heavy atom. The lowest BCUT2D eigenvalue weighted by Crippen LogP contribution is -2.15. The van der Waals surface area contributed by atoms with Gasteiger partial charge in [-0.1, -0.05) is 12.2 Å². The maximum Gasteiger partial charge on any atom is 0.0918 e. The summed E-state index contributed by atoms with van der Waals surface area (Å²) in [5.41, 5.74) is 0. The number of hydrogen-bond donors (Lipinski definition) is 0. The highest BCUT2D eigenvalue weighted by molar-refractivity contribution is 6.21. The fourth-order valence-electron chi connectivity index (χ4n) is 0.824. The van der Waals surface area contributed by atoms with Gasteiger partial charge < -0.3 is 4.74 Å². The standard InChI is InChI=1S/C6H9ClO/c1-8-6-4-2-3-5(6)7/h2,4-6H,3H2,1H3/t5-,6-/m1/s1. The van der Waals surface area contributed by atoms with Crippen LogP contribution in [0.15, 0.2) is 12.2 Å². The van der Waals surface area contributed by atoms with Crippen LogP contribution < -0.4 is 0 Å². The van der Waals surface area contributed by atoms with E-state index in [1.807, 2.05) is 12.2 Å². The zero-order valence-electron chi connectivity index (χ0n) is 4.80. The molecule has 0 spiro atoms. The van der Waals surface area contributed by atoms with Gasteiger partial charge in [-0.15, -0.1) is 11.6 Å². The molecule has 0 unspecified atom stereocenters. The first-order chi connectivity index (χ1) is 3.84. The molecule has 8 heavy (non-hydrogen) atoms. The largest absolute Gasteiger partial charge is 0.376 e. The van der Waals surface area contributed by atoms with Crippen molar-refractivity contribution in [3.63, 3.8) is 0 Å². The van der Waals surface area contributed by atoms with Crippen LogP contribution in [0.4, 0.5) is 0 Å². The van der Waals surface area contributed by atoms with Crippen LogP contribution in [0.5, 0.6) is 0 Å². The van der Waals surface area contributed by atoms with Gasteiger partial charge in [0.25, 0.3) is 0 Å². The molecule has 0 saturated heterocycles. The first kappa shape index (κ1) is 6.12. The Morgan fingerprint density at radius 2 is 2.50 bits per heavy atom. The highest BCUT2D eigenvalue weighted by Gasteiger charge is 2.18. The molecule has 0 N–H and O–H groups in total. The summed E-state index contributed by atoms with van der Waals surface area (Å²) in [6.45, 7) is 0. The van der Waals surface area contributed by atoms with E-state index in [4.69, 9.17) is 16.3 Å². The number of rotatable bonds is 1. The third-order valence-corrected chi connectivity index (χ3v) is 1.74. The van der Waals surface area contributed by atoms with Gasteiger partial charge in [-0.05, 0) is 6.42 Å². The lowest BCUT2D eigenvalue weighted by molar-refractivity contribution is 0.143. The molecule has 1 aliphatic carbocycles. The average molecular weight is 133 g/mol. The molecule has 0 aromatic rings. The van der Waals surface area contributed by atoms with Crippen LogP contribution in [0.2, 0.25) is 0 Å². The molecule has 0 amide bonds. The number of hydrogen-bond acceptors (Lipinski definition) is 1. The third kappa shape index (κ3) is 1.04. The molecule has 2 heteroatoms. The molecule has 0 bridgehead atoms. The van der Waals surface area contributed by atoms with Crippen LogP contribution in [0.3, 0.4) is 0 Å². The summed E-state index contributed by atoms with van der Waals surface area (Å²) in [7, 11) is 1.68. The predicted octanol–water partition coefficient (Wildman–Crippen LogP) is 1.57. The van der Waals surface area contributed by atoms with Gasteiger partial charge in [-0.25, -0.2) is 0 Å². The monoisotopic (exact) mass is 132 g/mol. The van der Waals surface area contributed by atoms with E-state index in [1.165, 1.54) is 0 Å². The summed E-state index contributed by atoms with van der Waals surface area (Å²) in [5.74, 6) is 0. The van der Waals surface area contributed by atoms with E-state index >= 15 is 0 Å². The fourth-order valence-corrected chi connectivity index (χ4v) is 1.11. The van der Waals surface area contributed by atoms with Crippen molar-refractivity contribution in [3.8, 4) is 0 Å². The van der Waals surface area contributed by atoms with Crippen molar-refractivity contribution in [2.45, 2.75) is 17.9 Å². The maximum atomic E-state index is 5.79. The smallest absolute Gasteiger partial charge is 0.0918 e. The molecule has 0 aliphatic heterocycles. The zero-order valence-corrected chi connectivity index (χ0v) is 5.56. The van der Waals surface area contributed by atoms with E-state index in [9.17, 15) is 0 Å². The number of allylic oxidation sites excluding steroid dienone is 1. The number of alkyl halides is 1. The molecule has 2 atom stereocenters. The minimum absolute atomic E-state index is 0.150. The van der Waals surface area contributed by atoms with Crippen molar-refractivity contribution in [2.75, 3.05) is 7.11 Å². The number of halogens is 1. The van der Waals surface area contributed by atoms with Crippen molar-refractivity contribution in [1.29, 1.82) is 0 Å². The third-order valence-electron chi connectivity index (χ3n) is 1.32. The summed E-state index contributed by atoms with van der Waals surface area (Å²) in [6.07, 6.45) is 5.14. The predicted molar refractivity (Wildman–Crippen MR) is 34.2 cm³/mol. The van der Waals surface area contributed by atoms with Crippen LogP contribution in [-0.2, 0) is 4.74 Å². The summed E-state index contributed by atoms with van der Waals surface area (Å²) < 4.78 is 5.00. The Balaban J connectivity index is 2.41. The van der Waals surface area contributed by atoms with Crippen molar-refractivity contribution in [3.05, 3.63) is 12.2 Å². The first-order valence-corrected chi connectivity index (χ1v) is 3.12. The molecule has 0 saturated carbocycles. The van der Waals surface area contributed by atoms with Crippen LogP contribution in [0.25, 0.3) is 0 Å². The topological polar surface area (TPSA) is 9.23 Å². The Labute approximate surface area is 54.3 Å². The van der Waals surface area contributed by atoms with Crippen LogP contribution in [-0.4, -0.2) is 18.6 Å². The van der Waals surface area contributed by atoms with Crippen molar-refractivity contribution in [1.82, 2.24) is 0 Å². The molecule has 0 aromatic heterocycles. The van der Waals surface area contributed by atoms with Gasteiger partial charge >= 0.3 is 0 Å². The molecule has 0 fully saturated rings. The second kappa shape index (κ2) is 2.51. The van der Waals surface area contributed by atoms with Crippen molar-refractivity contribution in [2.24, 2.45) is 0 Å². The van der Waals surface area contributed by atoms with Gasteiger partial charge in [0.1, 0.15) is 0 Å². The van der Waals surface area contributed by atoms with E-state index in [0.29, 0.717) is 0 Å². The highest BCUT2D eigenvalue weighted by Crippen LogP contribution is 2.18. The molecular weight excluding hydrogens is 124 g/mol. The molecule has 1 aliphatic rings. The maximum absolute atomic E-state index is 5.79. The minimum Gasteiger partial charge on any atom is -0.376 e. The number of methoxy groups -OCH3 is 1. The second-order valence-corrected chi connectivity index (χ2v) is 2.44.